The van der Waals surface area contributed by atoms with Crippen LogP contribution in [0.5, 0.6) is 11.5 Å². The van der Waals surface area contributed by atoms with Crippen molar-refractivity contribution in [1.29, 1.82) is 0 Å². The van der Waals surface area contributed by atoms with Crippen LogP contribution in [0.1, 0.15) is 6.42 Å². The van der Waals surface area contributed by atoms with Gasteiger partial charge in [-0.3, -0.25) is 4.79 Å². The average molecular weight is 321 g/mol. The number of ketones is 1. The van der Waals surface area contributed by atoms with Crippen molar-refractivity contribution in [2.24, 2.45) is 0 Å². The van der Waals surface area contributed by atoms with Gasteiger partial charge in [0.25, 0.3) is 0 Å². The maximum Gasteiger partial charge on any atom is 0.231 e. The molecule has 24 heavy (non-hydrogen) atoms. The number of nitrogens with zero attached hydrogens (tertiary/aromatic N) is 1. The molecule has 0 unspecified atom stereocenters. The first kappa shape index (κ1) is 13.5. The lowest BCUT2D eigenvalue weighted by Gasteiger charge is -2.33. The van der Waals surface area contributed by atoms with Crippen LogP contribution in [-0.4, -0.2) is 31.1 Å². The number of benzene rings is 1. The summed E-state index contributed by atoms with van der Waals surface area (Å²) in [6.07, 6.45) is 8.62. The Morgan fingerprint density at radius 2 is 2.08 bits per heavy atom. The lowest BCUT2D eigenvalue weighted by atomic mass is 9.89. The number of rotatable bonds is 1. The molecule has 0 N–H and O–H groups in total. The highest BCUT2D eigenvalue weighted by molar-refractivity contribution is 6.05. The predicted octanol–water partition coefficient (Wildman–Crippen LogP) is 0.947. The Hall–Kier alpha value is -2.95. The molecule has 0 amide bonds. The SMILES string of the molecule is COC1=CC2=C3C=c4ccc5c(c4=CN3CCC2=CC1=O)OCO5. The third-order valence-corrected chi connectivity index (χ3v) is 4.79. The molecule has 0 saturated carbocycles. The summed E-state index contributed by atoms with van der Waals surface area (Å²) in [6.45, 7) is 1.09. The van der Waals surface area contributed by atoms with Crippen LogP contribution in [0.4, 0.5) is 0 Å². The minimum Gasteiger partial charge on any atom is -0.493 e. The van der Waals surface area contributed by atoms with Gasteiger partial charge in [-0.1, -0.05) is 6.07 Å². The number of methoxy groups -OCH3 is 1. The fraction of sp³-hybridized carbons (Fsp3) is 0.211. The summed E-state index contributed by atoms with van der Waals surface area (Å²) in [4.78, 5) is 14.2. The number of hydrogen-bond acceptors (Lipinski definition) is 5. The van der Waals surface area contributed by atoms with Crippen molar-refractivity contribution in [3.8, 4) is 11.5 Å². The molecule has 0 atom stereocenters. The summed E-state index contributed by atoms with van der Waals surface area (Å²) in [5.41, 5.74) is 3.21. The third kappa shape index (κ3) is 1.78. The monoisotopic (exact) mass is 321 g/mol. The highest BCUT2D eigenvalue weighted by atomic mass is 16.7. The molecule has 5 rings (SSSR count). The van der Waals surface area contributed by atoms with Crippen molar-refractivity contribution in [2.75, 3.05) is 20.4 Å². The molecule has 0 bridgehead atoms. The molecule has 1 aromatic carbocycles. The maximum absolute atomic E-state index is 12.0. The van der Waals surface area contributed by atoms with E-state index in [9.17, 15) is 4.79 Å². The summed E-state index contributed by atoms with van der Waals surface area (Å²) >= 11 is 0. The number of allylic oxidation sites excluding steroid dienone is 4. The zero-order chi connectivity index (χ0) is 16.3. The Balaban J connectivity index is 1.76. The molecule has 3 heterocycles. The van der Waals surface area contributed by atoms with E-state index in [2.05, 4.69) is 17.2 Å². The van der Waals surface area contributed by atoms with Crippen LogP contribution in [-0.2, 0) is 9.53 Å². The minimum absolute atomic E-state index is 0.0612. The first-order chi connectivity index (χ1) is 11.7. The van der Waals surface area contributed by atoms with E-state index >= 15 is 0 Å². The average Bonchev–Trinajstić information content (AvgIpc) is 3.08. The minimum atomic E-state index is -0.0612. The largest absolute Gasteiger partial charge is 0.493 e. The van der Waals surface area contributed by atoms with E-state index < -0.39 is 0 Å². The maximum atomic E-state index is 12.0. The molecular formula is C19H15NO4. The Morgan fingerprint density at radius 1 is 1.17 bits per heavy atom. The number of carbonyl (C=O) groups excluding carboxylic acids is 1. The van der Waals surface area contributed by atoms with E-state index in [0.717, 1.165) is 51.7 Å². The van der Waals surface area contributed by atoms with Gasteiger partial charge in [-0.2, -0.15) is 0 Å². The standard InChI is InChI=1S/C19H15NO4/c1-22-18-8-13-12(7-16(18)21)4-5-20-9-14-11(6-15(13)20)2-3-17-19(14)24-10-23-17/h2-3,6-9H,4-5,10H2,1H3. The Bertz CT molecular complexity index is 997. The molecule has 0 spiro atoms. The second kappa shape index (κ2) is 4.77. The second-order valence-corrected chi connectivity index (χ2v) is 6.06. The number of hydrogen-bond donors (Lipinski definition) is 0. The Labute approximate surface area is 138 Å². The third-order valence-electron chi connectivity index (χ3n) is 4.79. The van der Waals surface area contributed by atoms with Crippen LogP contribution in [0.15, 0.2) is 46.9 Å². The van der Waals surface area contributed by atoms with Gasteiger partial charge < -0.3 is 19.1 Å². The quantitative estimate of drug-likeness (QED) is 0.771. The first-order valence-electron chi connectivity index (χ1n) is 7.89. The van der Waals surface area contributed by atoms with Gasteiger partial charge in [-0.05, 0) is 41.5 Å². The van der Waals surface area contributed by atoms with Crippen LogP contribution in [0.2, 0.25) is 0 Å². The summed E-state index contributed by atoms with van der Waals surface area (Å²) < 4.78 is 16.3. The molecule has 5 heteroatoms. The molecule has 3 aliphatic heterocycles. The Kier molecular flexibility index (Phi) is 2.68. The first-order valence-corrected chi connectivity index (χ1v) is 7.89. The zero-order valence-corrected chi connectivity index (χ0v) is 13.2. The molecule has 0 saturated heterocycles. The number of fused-ring (bicyclic) bond motifs is 5. The molecule has 120 valence electrons. The van der Waals surface area contributed by atoms with Crippen LogP contribution in [0.25, 0.3) is 12.3 Å². The Morgan fingerprint density at radius 3 is 2.96 bits per heavy atom. The van der Waals surface area contributed by atoms with Gasteiger partial charge in [-0.25, -0.2) is 0 Å². The summed E-state index contributed by atoms with van der Waals surface area (Å²) in [7, 11) is 1.53. The predicted molar refractivity (Wildman–Crippen MR) is 87.3 cm³/mol. The molecule has 0 radical (unpaired) electrons. The second-order valence-electron chi connectivity index (χ2n) is 6.06. The van der Waals surface area contributed by atoms with Gasteiger partial charge in [0.15, 0.2) is 17.3 Å². The van der Waals surface area contributed by atoms with Crippen LogP contribution >= 0.6 is 0 Å². The van der Waals surface area contributed by atoms with Gasteiger partial charge in [-0.15, -0.1) is 0 Å². The molecular weight excluding hydrogens is 306 g/mol. The highest BCUT2D eigenvalue weighted by Crippen LogP contribution is 2.35. The van der Waals surface area contributed by atoms with Gasteiger partial charge in [0, 0.05) is 29.2 Å². The van der Waals surface area contributed by atoms with Gasteiger partial charge in [0.1, 0.15) is 0 Å². The van der Waals surface area contributed by atoms with E-state index in [4.69, 9.17) is 14.2 Å². The fourth-order valence-electron chi connectivity index (χ4n) is 3.59. The topological polar surface area (TPSA) is 48.0 Å². The van der Waals surface area contributed by atoms with Crippen molar-refractivity contribution in [2.45, 2.75) is 6.42 Å². The van der Waals surface area contributed by atoms with Crippen molar-refractivity contribution in [3.63, 3.8) is 0 Å². The lowest BCUT2D eigenvalue weighted by molar-refractivity contribution is -0.114. The molecule has 5 nitrogen and oxygen atoms in total. The van der Waals surface area contributed by atoms with E-state index in [1.165, 1.54) is 7.11 Å². The van der Waals surface area contributed by atoms with Gasteiger partial charge in [0.05, 0.1) is 7.11 Å². The van der Waals surface area contributed by atoms with Gasteiger partial charge in [0.2, 0.25) is 12.6 Å². The molecule has 1 aromatic rings. The van der Waals surface area contributed by atoms with Gasteiger partial charge >= 0.3 is 0 Å². The van der Waals surface area contributed by atoms with E-state index in [-0.39, 0.29) is 12.6 Å². The summed E-state index contributed by atoms with van der Waals surface area (Å²) in [6, 6.07) is 3.98. The lowest BCUT2D eigenvalue weighted by Crippen LogP contribution is -2.37. The highest BCUT2D eigenvalue weighted by Gasteiger charge is 2.28. The van der Waals surface area contributed by atoms with Crippen LogP contribution in [0.3, 0.4) is 0 Å². The van der Waals surface area contributed by atoms with E-state index in [1.807, 2.05) is 18.2 Å². The fourth-order valence-corrected chi connectivity index (χ4v) is 3.59. The molecule has 0 aromatic heterocycles. The normalized spacial score (nSPS) is 20.2. The van der Waals surface area contributed by atoms with Crippen molar-refractivity contribution in [1.82, 2.24) is 4.90 Å². The number of ether oxygens (including phenoxy) is 3. The molecule has 1 aliphatic carbocycles. The van der Waals surface area contributed by atoms with Crippen LogP contribution < -0.4 is 19.9 Å². The zero-order valence-electron chi connectivity index (χ0n) is 13.2. The number of carbonyl (C=O) groups is 1. The summed E-state index contributed by atoms with van der Waals surface area (Å²) in [5.74, 6) is 1.92. The molecule has 4 aliphatic rings. The summed E-state index contributed by atoms with van der Waals surface area (Å²) in [5, 5.41) is 2.13. The smallest absolute Gasteiger partial charge is 0.231 e. The van der Waals surface area contributed by atoms with E-state index in [1.54, 1.807) is 6.08 Å². The van der Waals surface area contributed by atoms with E-state index in [0.29, 0.717) is 5.76 Å². The van der Waals surface area contributed by atoms with Crippen molar-refractivity contribution < 1.29 is 19.0 Å². The molecule has 0 fully saturated rings. The van der Waals surface area contributed by atoms with Crippen LogP contribution in [0, 0.1) is 0 Å². The van der Waals surface area contributed by atoms with Crippen molar-refractivity contribution >= 4 is 18.1 Å². The van der Waals surface area contributed by atoms with Crippen molar-refractivity contribution in [3.05, 3.63) is 57.3 Å².